The fourth-order valence-corrected chi connectivity index (χ4v) is 2.30. The molecule has 0 aliphatic carbocycles. The Morgan fingerprint density at radius 3 is 2.28 bits per heavy atom. The number of halogens is 4. The fraction of sp³-hybridized carbons (Fsp3) is 0.444. The van der Waals surface area contributed by atoms with Crippen molar-refractivity contribution in [3.05, 3.63) is 29.3 Å². The summed E-state index contributed by atoms with van der Waals surface area (Å²) in [5, 5.41) is 6.17. The van der Waals surface area contributed by atoms with E-state index in [0.717, 1.165) is 0 Å². The van der Waals surface area contributed by atoms with Gasteiger partial charge in [-0.05, 0) is 12.8 Å². The zero-order chi connectivity index (χ0) is 21.9. The van der Waals surface area contributed by atoms with E-state index in [1.165, 1.54) is 0 Å². The number of benzene rings is 1. The number of ether oxygens (including phenoxy) is 1. The van der Waals surface area contributed by atoms with Crippen LogP contribution in [0.25, 0.3) is 0 Å². The lowest BCUT2D eigenvalue weighted by atomic mass is 10.1. The molecule has 1 aromatic carbocycles. The Balaban J connectivity index is 2.18. The molecule has 1 aromatic rings. The van der Waals surface area contributed by atoms with Crippen LogP contribution in [0, 0.1) is 29.2 Å². The van der Waals surface area contributed by atoms with E-state index in [1.807, 2.05) is 13.8 Å². The summed E-state index contributed by atoms with van der Waals surface area (Å²) >= 11 is 0. The molecular weight excluding hydrogens is 398 g/mol. The first kappa shape index (κ1) is 22.3. The summed E-state index contributed by atoms with van der Waals surface area (Å²) in [6.45, 7) is 4.89. The second-order valence-electron chi connectivity index (χ2n) is 6.75. The Bertz CT molecular complexity index is 847. The third-order valence-corrected chi connectivity index (χ3v) is 4.29. The van der Waals surface area contributed by atoms with E-state index in [4.69, 9.17) is 4.74 Å². The van der Waals surface area contributed by atoms with Crippen molar-refractivity contribution in [2.24, 2.45) is 11.0 Å². The molecule has 1 aliphatic rings. The monoisotopic (exact) mass is 417 g/mol. The summed E-state index contributed by atoms with van der Waals surface area (Å²) in [5.41, 5.74) is -1.81. The molecule has 1 aliphatic heterocycles. The summed E-state index contributed by atoms with van der Waals surface area (Å²) in [6.07, 6.45) is -0.652. The number of amides is 2. The van der Waals surface area contributed by atoms with Gasteiger partial charge in [-0.1, -0.05) is 13.8 Å². The number of esters is 1. The zero-order valence-electron chi connectivity index (χ0n) is 15.9. The molecular formula is C18H19F4N3O4. The molecule has 2 rings (SSSR count). The minimum absolute atomic E-state index is 0.0156. The van der Waals surface area contributed by atoms with E-state index < -0.39 is 65.5 Å². The lowest BCUT2D eigenvalue weighted by molar-refractivity contribution is -0.142. The van der Waals surface area contributed by atoms with Gasteiger partial charge in [0.1, 0.15) is 11.4 Å². The Kier molecular flexibility index (Phi) is 6.93. The number of nitrogens with zero attached hydrogens (tertiary/aromatic N) is 2. The van der Waals surface area contributed by atoms with Crippen LogP contribution in [0.2, 0.25) is 0 Å². The quantitative estimate of drug-likeness (QED) is 0.438. The van der Waals surface area contributed by atoms with E-state index in [0.29, 0.717) is 0 Å². The molecule has 1 heterocycles. The average Bonchev–Trinajstić information content (AvgIpc) is 2.66. The predicted octanol–water partition coefficient (Wildman–Crippen LogP) is 2.43. The van der Waals surface area contributed by atoms with Crippen molar-refractivity contribution in [2.45, 2.75) is 39.7 Å². The summed E-state index contributed by atoms with van der Waals surface area (Å²) in [4.78, 5) is 35.8. The van der Waals surface area contributed by atoms with Crippen LogP contribution in [0.3, 0.4) is 0 Å². The number of hydrogen-bond donors (Lipinski definition) is 1. The molecule has 158 valence electrons. The lowest BCUT2D eigenvalue weighted by Crippen LogP contribution is -2.40. The third-order valence-electron chi connectivity index (χ3n) is 4.29. The van der Waals surface area contributed by atoms with Gasteiger partial charge in [0.2, 0.25) is 5.91 Å². The van der Waals surface area contributed by atoms with Crippen LogP contribution in [0.5, 0.6) is 0 Å². The first-order valence-electron chi connectivity index (χ1n) is 8.72. The van der Waals surface area contributed by atoms with Crippen molar-refractivity contribution < 1.29 is 36.7 Å². The molecule has 0 radical (unpaired) electrons. The fourth-order valence-electron chi connectivity index (χ4n) is 2.30. The van der Waals surface area contributed by atoms with Crippen molar-refractivity contribution in [3.63, 3.8) is 0 Å². The van der Waals surface area contributed by atoms with Gasteiger partial charge in [-0.3, -0.25) is 9.59 Å². The minimum Gasteiger partial charge on any atom is -0.451 e. The van der Waals surface area contributed by atoms with E-state index in [9.17, 15) is 31.9 Å². The van der Waals surface area contributed by atoms with Crippen LogP contribution in [0.15, 0.2) is 11.2 Å². The zero-order valence-corrected chi connectivity index (χ0v) is 15.9. The van der Waals surface area contributed by atoms with Gasteiger partial charge in [0.15, 0.2) is 29.9 Å². The van der Waals surface area contributed by atoms with Gasteiger partial charge in [-0.15, -0.1) is 0 Å². The standard InChI is InChI=1S/C18H19F4N3O4/c1-8(2)9(3)23-13(26)7-29-18(28)12-4-5-14(27)25(24-12)17-15(21)10(19)6-11(20)16(17)22/h6,8-9H,4-5,7H2,1-3H3,(H,23,26)/t9-/m0/s1. The van der Waals surface area contributed by atoms with Gasteiger partial charge in [-0.25, -0.2) is 22.4 Å². The molecule has 0 unspecified atom stereocenters. The minimum atomic E-state index is -1.84. The Labute approximate surface area is 163 Å². The maximum atomic E-state index is 14.0. The molecule has 0 spiro atoms. The van der Waals surface area contributed by atoms with E-state index in [2.05, 4.69) is 10.4 Å². The molecule has 11 heteroatoms. The smallest absolute Gasteiger partial charge is 0.355 e. The summed E-state index contributed by atoms with van der Waals surface area (Å²) in [5.74, 6) is -9.64. The lowest BCUT2D eigenvalue weighted by Gasteiger charge is -2.23. The van der Waals surface area contributed by atoms with Gasteiger partial charge >= 0.3 is 5.97 Å². The molecule has 0 bridgehead atoms. The third kappa shape index (κ3) is 5.09. The highest BCUT2D eigenvalue weighted by molar-refractivity contribution is 6.38. The second kappa shape index (κ2) is 9.01. The number of carbonyl (C=O) groups is 3. The Morgan fingerprint density at radius 1 is 1.14 bits per heavy atom. The van der Waals surface area contributed by atoms with Crippen molar-refractivity contribution in [2.75, 3.05) is 11.6 Å². The van der Waals surface area contributed by atoms with Gasteiger partial charge in [0.05, 0.1) is 0 Å². The van der Waals surface area contributed by atoms with Gasteiger partial charge in [0, 0.05) is 24.9 Å². The van der Waals surface area contributed by atoms with Crippen LogP contribution < -0.4 is 10.3 Å². The van der Waals surface area contributed by atoms with Crippen LogP contribution in [0.4, 0.5) is 23.2 Å². The summed E-state index contributed by atoms with van der Waals surface area (Å²) in [7, 11) is 0. The van der Waals surface area contributed by atoms with Gasteiger partial charge < -0.3 is 10.1 Å². The molecule has 0 fully saturated rings. The van der Waals surface area contributed by atoms with E-state index in [-0.39, 0.29) is 29.5 Å². The Hall–Kier alpha value is -2.98. The van der Waals surface area contributed by atoms with Crippen LogP contribution in [-0.4, -0.2) is 36.1 Å². The van der Waals surface area contributed by atoms with Gasteiger partial charge in [0.25, 0.3) is 5.91 Å². The van der Waals surface area contributed by atoms with E-state index in [1.54, 1.807) is 6.92 Å². The second-order valence-corrected chi connectivity index (χ2v) is 6.75. The molecule has 1 N–H and O–H groups in total. The SMILES string of the molecule is CC(C)[C@H](C)NC(=O)COC(=O)C1=NN(c2c(F)c(F)cc(F)c2F)C(=O)CC1. The van der Waals surface area contributed by atoms with Crippen molar-refractivity contribution in [3.8, 4) is 0 Å². The molecule has 0 aromatic heterocycles. The van der Waals surface area contributed by atoms with Crippen LogP contribution in [-0.2, 0) is 19.1 Å². The Morgan fingerprint density at radius 2 is 1.72 bits per heavy atom. The first-order valence-corrected chi connectivity index (χ1v) is 8.72. The van der Waals surface area contributed by atoms with Gasteiger partial charge in [-0.2, -0.15) is 10.1 Å². The molecule has 7 nitrogen and oxygen atoms in total. The van der Waals surface area contributed by atoms with E-state index >= 15 is 0 Å². The number of rotatable bonds is 6. The van der Waals surface area contributed by atoms with Crippen molar-refractivity contribution in [1.82, 2.24) is 5.32 Å². The molecule has 2 amide bonds. The highest BCUT2D eigenvalue weighted by Crippen LogP contribution is 2.30. The molecule has 0 saturated carbocycles. The largest absolute Gasteiger partial charge is 0.451 e. The number of nitrogens with one attached hydrogen (secondary N) is 1. The van der Waals surface area contributed by atoms with Crippen LogP contribution >= 0.6 is 0 Å². The highest BCUT2D eigenvalue weighted by atomic mass is 19.2. The number of hydrazone groups is 1. The summed E-state index contributed by atoms with van der Waals surface area (Å²) in [6, 6.07) is -0.187. The van der Waals surface area contributed by atoms with Crippen molar-refractivity contribution in [1.29, 1.82) is 0 Å². The highest BCUT2D eigenvalue weighted by Gasteiger charge is 2.33. The number of carbonyl (C=O) groups excluding carboxylic acids is 3. The topological polar surface area (TPSA) is 88.1 Å². The van der Waals surface area contributed by atoms with Crippen molar-refractivity contribution >= 4 is 29.2 Å². The summed E-state index contributed by atoms with van der Waals surface area (Å²) < 4.78 is 59.6. The maximum Gasteiger partial charge on any atom is 0.355 e. The number of anilines is 1. The predicted molar refractivity (Wildman–Crippen MR) is 93.8 cm³/mol. The molecule has 29 heavy (non-hydrogen) atoms. The van der Waals surface area contributed by atoms with Crippen LogP contribution in [0.1, 0.15) is 33.6 Å². The molecule has 0 saturated heterocycles. The molecule has 1 atom stereocenters. The number of hydrogen-bond acceptors (Lipinski definition) is 5. The average molecular weight is 417 g/mol. The first-order chi connectivity index (χ1) is 13.5. The maximum absolute atomic E-state index is 14.0. The normalized spacial score (nSPS) is 15.2.